The van der Waals surface area contributed by atoms with Crippen LogP contribution in [0.25, 0.3) is 11.1 Å². The van der Waals surface area contributed by atoms with Gasteiger partial charge >= 0.3 is 5.76 Å². The Kier molecular flexibility index (Phi) is 5.09. The molecule has 6 nitrogen and oxygen atoms in total. The number of benzene rings is 2. The predicted molar refractivity (Wildman–Crippen MR) is 94.9 cm³/mol. The smallest absolute Gasteiger partial charge is 0.419 e. The zero-order valence-electron chi connectivity index (χ0n) is 13.6. The molecule has 0 saturated heterocycles. The van der Waals surface area contributed by atoms with Gasteiger partial charge in [-0.1, -0.05) is 23.7 Å². The maximum Gasteiger partial charge on any atom is 0.419 e. The monoisotopic (exact) mass is 360 g/mol. The van der Waals surface area contributed by atoms with Crippen molar-refractivity contribution in [3.8, 4) is 5.75 Å². The molecular weight excluding hydrogens is 344 g/mol. The molecule has 0 saturated carbocycles. The van der Waals surface area contributed by atoms with Crippen LogP contribution in [0.1, 0.15) is 12.0 Å². The topological polar surface area (TPSA) is 73.5 Å². The second-order valence-electron chi connectivity index (χ2n) is 5.51. The molecule has 0 radical (unpaired) electrons. The highest BCUT2D eigenvalue weighted by molar-refractivity contribution is 6.31. The zero-order chi connectivity index (χ0) is 17.8. The Balaban J connectivity index is 1.59. The summed E-state index contributed by atoms with van der Waals surface area (Å²) in [7, 11) is 1.60. The van der Waals surface area contributed by atoms with E-state index in [1.807, 2.05) is 24.3 Å². The lowest BCUT2D eigenvalue weighted by atomic mass is 10.2. The molecule has 3 aromatic rings. The molecule has 0 aliphatic carbocycles. The van der Waals surface area contributed by atoms with Gasteiger partial charge in [-0.2, -0.15) is 0 Å². The van der Waals surface area contributed by atoms with Gasteiger partial charge in [-0.05, 0) is 29.8 Å². The number of ether oxygens (including phenoxy) is 1. The van der Waals surface area contributed by atoms with Crippen molar-refractivity contribution in [3.05, 3.63) is 63.6 Å². The lowest BCUT2D eigenvalue weighted by Crippen LogP contribution is -2.25. The fourth-order valence-electron chi connectivity index (χ4n) is 2.50. The fourth-order valence-corrected chi connectivity index (χ4v) is 2.66. The lowest BCUT2D eigenvalue weighted by Gasteiger charge is -2.07. The standard InChI is InChI=1S/C18H17ClN2O4/c1-24-14-5-2-12(3-6-14)11-20-17(22)8-9-21-15-7-4-13(19)10-16(15)25-18(21)23/h2-7,10H,8-9,11H2,1H3,(H,20,22). The molecule has 0 spiro atoms. The van der Waals surface area contributed by atoms with E-state index in [0.29, 0.717) is 22.7 Å². The van der Waals surface area contributed by atoms with Crippen LogP contribution in [0.5, 0.6) is 5.75 Å². The Bertz CT molecular complexity index is 944. The number of amides is 1. The lowest BCUT2D eigenvalue weighted by molar-refractivity contribution is -0.121. The van der Waals surface area contributed by atoms with Crippen molar-refractivity contribution in [2.45, 2.75) is 19.5 Å². The highest BCUT2D eigenvalue weighted by atomic mass is 35.5. The number of fused-ring (bicyclic) bond motifs is 1. The Morgan fingerprint density at radius 3 is 2.72 bits per heavy atom. The van der Waals surface area contributed by atoms with Crippen molar-refractivity contribution in [3.63, 3.8) is 0 Å². The van der Waals surface area contributed by atoms with Crippen molar-refractivity contribution in [1.29, 1.82) is 0 Å². The van der Waals surface area contributed by atoms with Crippen LogP contribution in [0, 0.1) is 0 Å². The largest absolute Gasteiger partial charge is 0.497 e. The first-order chi connectivity index (χ1) is 12.1. The number of carbonyl (C=O) groups excluding carboxylic acids is 1. The predicted octanol–water partition coefficient (Wildman–Crippen LogP) is 2.96. The third kappa shape index (κ3) is 4.03. The second kappa shape index (κ2) is 7.44. The van der Waals surface area contributed by atoms with Gasteiger partial charge in [0.15, 0.2) is 5.58 Å². The van der Waals surface area contributed by atoms with Gasteiger partial charge in [0.2, 0.25) is 5.91 Å². The van der Waals surface area contributed by atoms with Gasteiger partial charge in [-0.3, -0.25) is 9.36 Å². The van der Waals surface area contributed by atoms with Crippen LogP contribution < -0.4 is 15.8 Å². The number of aryl methyl sites for hydroxylation is 1. The third-order valence-electron chi connectivity index (χ3n) is 3.84. The first kappa shape index (κ1) is 17.1. The van der Waals surface area contributed by atoms with Crippen LogP contribution >= 0.6 is 11.6 Å². The van der Waals surface area contributed by atoms with Crippen molar-refractivity contribution < 1.29 is 13.9 Å². The summed E-state index contributed by atoms with van der Waals surface area (Å²) in [6.45, 7) is 0.654. The minimum absolute atomic E-state index is 0.147. The number of carbonyl (C=O) groups is 1. The summed E-state index contributed by atoms with van der Waals surface area (Å²) in [6, 6.07) is 12.4. The average molecular weight is 361 g/mol. The van der Waals surface area contributed by atoms with E-state index in [4.69, 9.17) is 20.8 Å². The number of nitrogens with one attached hydrogen (secondary N) is 1. The van der Waals surface area contributed by atoms with Crippen LogP contribution in [-0.2, 0) is 17.9 Å². The number of halogens is 1. The first-order valence-electron chi connectivity index (χ1n) is 7.75. The molecule has 0 aliphatic rings. The first-order valence-corrected chi connectivity index (χ1v) is 8.13. The van der Waals surface area contributed by atoms with Crippen molar-refractivity contribution in [2.24, 2.45) is 0 Å². The summed E-state index contributed by atoms with van der Waals surface area (Å²) in [6.07, 6.45) is 0.174. The molecule has 1 heterocycles. The van der Waals surface area contributed by atoms with E-state index in [2.05, 4.69) is 5.32 Å². The van der Waals surface area contributed by atoms with Crippen molar-refractivity contribution >= 4 is 28.6 Å². The molecule has 1 aromatic heterocycles. The van der Waals surface area contributed by atoms with E-state index < -0.39 is 5.76 Å². The molecule has 0 atom stereocenters. The van der Waals surface area contributed by atoms with Crippen LogP contribution in [0.15, 0.2) is 51.7 Å². The fraction of sp³-hybridized carbons (Fsp3) is 0.222. The SMILES string of the molecule is COc1ccc(CNC(=O)CCn2c(=O)oc3cc(Cl)ccc32)cc1. The van der Waals surface area contributed by atoms with E-state index in [9.17, 15) is 9.59 Å². The molecule has 25 heavy (non-hydrogen) atoms. The zero-order valence-corrected chi connectivity index (χ0v) is 14.4. The minimum atomic E-state index is -0.500. The number of methoxy groups -OCH3 is 1. The van der Waals surface area contributed by atoms with Gasteiger partial charge in [0.25, 0.3) is 0 Å². The van der Waals surface area contributed by atoms with Crippen LogP contribution in [-0.4, -0.2) is 17.6 Å². The molecule has 7 heteroatoms. The number of aromatic nitrogens is 1. The summed E-state index contributed by atoms with van der Waals surface area (Å²) in [5.74, 6) is 0.118. The van der Waals surface area contributed by atoms with Gasteiger partial charge in [0.1, 0.15) is 5.75 Å². The Morgan fingerprint density at radius 1 is 1.24 bits per heavy atom. The summed E-state index contributed by atoms with van der Waals surface area (Å²) in [4.78, 5) is 23.9. The molecule has 0 bridgehead atoms. The molecule has 0 unspecified atom stereocenters. The van der Waals surface area contributed by atoms with Crippen LogP contribution in [0.2, 0.25) is 5.02 Å². The molecule has 3 rings (SSSR count). The van der Waals surface area contributed by atoms with Gasteiger partial charge in [-0.15, -0.1) is 0 Å². The number of rotatable bonds is 6. The number of oxazole rings is 1. The number of nitrogens with zero attached hydrogens (tertiary/aromatic N) is 1. The maximum atomic E-state index is 12.0. The van der Waals surface area contributed by atoms with Gasteiger partial charge in [0, 0.05) is 30.6 Å². The summed E-state index contributed by atoms with van der Waals surface area (Å²) in [5, 5.41) is 3.32. The highest BCUT2D eigenvalue weighted by Gasteiger charge is 2.11. The Morgan fingerprint density at radius 2 is 2.00 bits per heavy atom. The molecule has 130 valence electrons. The third-order valence-corrected chi connectivity index (χ3v) is 4.08. The van der Waals surface area contributed by atoms with E-state index in [-0.39, 0.29) is 18.9 Å². The minimum Gasteiger partial charge on any atom is -0.497 e. The van der Waals surface area contributed by atoms with Gasteiger partial charge < -0.3 is 14.5 Å². The quantitative estimate of drug-likeness (QED) is 0.733. The number of hydrogen-bond donors (Lipinski definition) is 1. The summed E-state index contributed by atoms with van der Waals surface area (Å²) < 4.78 is 11.7. The van der Waals surface area contributed by atoms with E-state index in [1.165, 1.54) is 4.57 Å². The van der Waals surface area contributed by atoms with Crippen LogP contribution in [0.3, 0.4) is 0 Å². The summed E-state index contributed by atoms with van der Waals surface area (Å²) in [5.41, 5.74) is 2.00. The Hall–Kier alpha value is -2.73. The maximum absolute atomic E-state index is 12.0. The normalized spacial score (nSPS) is 10.8. The van der Waals surface area contributed by atoms with Crippen molar-refractivity contribution in [2.75, 3.05) is 7.11 Å². The second-order valence-corrected chi connectivity index (χ2v) is 5.94. The molecule has 1 amide bonds. The van der Waals surface area contributed by atoms with E-state index >= 15 is 0 Å². The summed E-state index contributed by atoms with van der Waals surface area (Å²) >= 11 is 5.88. The highest BCUT2D eigenvalue weighted by Crippen LogP contribution is 2.18. The van der Waals surface area contributed by atoms with Gasteiger partial charge in [0.05, 0.1) is 12.6 Å². The van der Waals surface area contributed by atoms with Crippen LogP contribution in [0.4, 0.5) is 0 Å². The molecule has 0 fully saturated rings. The Labute approximate surface area is 149 Å². The molecule has 1 N–H and O–H groups in total. The molecule has 0 aliphatic heterocycles. The van der Waals surface area contributed by atoms with E-state index in [0.717, 1.165) is 11.3 Å². The van der Waals surface area contributed by atoms with Crippen molar-refractivity contribution in [1.82, 2.24) is 9.88 Å². The molecule has 2 aromatic carbocycles. The number of hydrogen-bond acceptors (Lipinski definition) is 4. The van der Waals surface area contributed by atoms with E-state index in [1.54, 1.807) is 25.3 Å². The molecular formula is C18H17ClN2O4. The average Bonchev–Trinajstić information content (AvgIpc) is 2.92. The van der Waals surface area contributed by atoms with Gasteiger partial charge in [-0.25, -0.2) is 4.79 Å².